The van der Waals surface area contributed by atoms with Crippen molar-refractivity contribution >= 4 is 5.97 Å². The molecule has 0 aromatic rings. The van der Waals surface area contributed by atoms with Gasteiger partial charge < -0.3 is 4.74 Å². The molecule has 16 heavy (non-hydrogen) atoms. The Morgan fingerprint density at radius 3 is 1.81 bits per heavy atom. The van der Waals surface area contributed by atoms with Crippen molar-refractivity contribution in [3.8, 4) is 0 Å². The highest BCUT2D eigenvalue weighted by atomic mass is 19.4. The fraction of sp³-hybridized carbons (Fsp3) is 0.625. The Bertz CT molecular complexity index is 263. The predicted molar refractivity (Wildman–Crippen MR) is 41.4 cm³/mol. The zero-order valence-corrected chi connectivity index (χ0v) is 8.08. The van der Waals surface area contributed by atoms with Crippen LogP contribution >= 0.6 is 0 Å². The summed E-state index contributed by atoms with van der Waals surface area (Å²) in [6.45, 7) is 0.940. The van der Waals surface area contributed by atoms with Crippen molar-refractivity contribution in [1.29, 1.82) is 0 Å². The normalized spacial score (nSPS) is 13.4. The third-order valence-corrected chi connectivity index (χ3v) is 1.92. The molecule has 0 bridgehead atoms. The van der Waals surface area contributed by atoms with Gasteiger partial charge >= 0.3 is 18.3 Å². The first kappa shape index (κ1) is 14.8. The second-order valence-corrected chi connectivity index (χ2v) is 3.14. The quantitative estimate of drug-likeness (QED) is 0.437. The number of rotatable bonds is 3. The highest BCUT2D eigenvalue weighted by Gasteiger charge is 2.68. The summed E-state index contributed by atoms with van der Waals surface area (Å²) in [7, 11) is 0. The molecule has 0 amide bonds. The Kier molecular flexibility index (Phi) is 4.01. The van der Waals surface area contributed by atoms with Crippen molar-refractivity contribution < 1.29 is 35.9 Å². The van der Waals surface area contributed by atoms with Crippen LogP contribution in [0.3, 0.4) is 0 Å². The highest BCUT2D eigenvalue weighted by Crippen LogP contribution is 2.50. The molecule has 0 N–H and O–H groups in total. The fourth-order valence-electron chi connectivity index (χ4n) is 0.599. The van der Waals surface area contributed by atoms with E-state index in [4.69, 9.17) is 0 Å². The number of alkyl halides is 6. The first-order valence-electron chi connectivity index (χ1n) is 3.88. The number of ether oxygens (including phenoxy) is 1. The van der Waals surface area contributed by atoms with Crippen LogP contribution < -0.4 is 0 Å². The molecule has 0 saturated carbocycles. The van der Waals surface area contributed by atoms with Gasteiger partial charge in [0.2, 0.25) is 0 Å². The third kappa shape index (κ3) is 2.89. The molecule has 0 heterocycles. The van der Waals surface area contributed by atoms with Crippen LogP contribution in [-0.2, 0) is 9.53 Å². The Hall–Kier alpha value is -1.21. The first-order valence-corrected chi connectivity index (χ1v) is 3.88. The smallest absolute Gasteiger partial charge is 0.406 e. The van der Waals surface area contributed by atoms with Crippen LogP contribution in [0, 0.1) is 5.41 Å². The maximum atomic E-state index is 12.2. The van der Waals surface area contributed by atoms with Crippen LogP contribution in [-0.4, -0.2) is 24.9 Å². The minimum absolute atomic E-state index is 0.0800. The van der Waals surface area contributed by atoms with Gasteiger partial charge in [0.05, 0.1) is 0 Å². The molecule has 0 aliphatic carbocycles. The number of esters is 1. The lowest BCUT2D eigenvalue weighted by molar-refractivity contribution is -0.342. The molecule has 0 rings (SSSR count). The van der Waals surface area contributed by atoms with Gasteiger partial charge in [-0.3, -0.25) is 0 Å². The molecular weight excluding hydrogens is 242 g/mol. The van der Waals surface area contributed by atoms with Gasteiger partial charge in [-0.15, -0.1) is 0 Å². The molecule has 0 unspecified atom stereocenters. The molecule has 0 spiro atoms. The standard InChI is InChI=1S/C8H8F6O2/c1-3-5(15)16-4-6(2,7(9,10)11)8(12,13)14/h3H,1,4H2,2H3. The van der Waals surface area contributed by atoms with E-state index in [2.05, 4.69) is 11.3 Å². The maximum absolute atomic E-state index is 12.2. The van der Waals surface area contributed by atoms with E-state index in [9.17, 15) is 31.1 Å². The van der Waals surface area contributed by atoms with Crippen molar-refractivity contribution in [2.75, 3.05) is 6.61 Å². The Morgan fingerprint density at radius 1 is 1.19 bits per heavy atom. The number of hydrogen-bond donors (Lipinski definition) is 0. The van der Waals surface area contributed by atoms with Gasteiger partial charge in [0.15, 0.2) is 5.41 Å². The van der Waals surface area contributed by atoms with Gasteiger partial charge in [0.25, 0.3) is 0 Å². The summed E-state index contributed by atoms with van der Waals surface area (Å²) in [6.07, 6.45) is -10.6. The summed E-state index contributed by atoms with van der Waals surface area (Å²) < 4.78 is 77.1. The summed E-state index contributed by atoms with van der Waals surface area (Å²) in [5.41, 5.74) is -4.08. The van der Waals surface area contributed by atoms with E-state index < -0.39 is 30.3 Å². The van der Waals surface area contributed by atoms with E-state index in [1.165, 1.54) is 0 Å². The van der Waals surface area contributed by atoms with Crippen LogP contribution in [0.15, 0.2) is 12.7 Å². The Balaban J connectivity index is 4.98. The lowest BCUT2D eigenvalue weighted by Gasteiger charge is -2.32. The minimum atomic E-state index is -5.56. The number of carbonyl (C=O) groups is 1. The van der Waals surface area contributed by atoms with Crippen molar-refractivity contribution in [2.24, 2.45) is 5.41 Å². The summed E-state index contributed by atoms with van der Waals surface area (Å²) in [5.74, 6) is -1.35. The molecule has 0 aliphatic heterocycles. The van der Waals surface area contributed by atoms with E-state index in [-0.39, 0.29) is 6.92 Å². The molecule has 0 aromatic heterocycles. The molecule has 8 heteroatoms. The van der Waals surface area contributed by atoms with Crippen molar-refractivity contribution in [1.82, 2.24) is 0 Å². The van der Waals surface area contributed by atoms with Crippen LogP contribution in [0.5, 0.6) is 0 Å². The number of hydrogen-bond acceptors (Lipinski definition) is 2. The first-order chi connectivity index (χ1) is 6.95. The molecule has 94 valence electrons. The molecule has 0 atom stereocenters. The van der Waals surface area contributed by atoms with E-state index in [1.54, 1.807) is 0 Å². The lowest BCUT2D eigenvalue weighted by Crippen LogP contribution is -2.51. The molecule has 0 fully saturated rings. The average Bonchev–Trinajstić information content (AvgIpc) is 2.09. The third-order valence-electron chi connectivity index (χ3n) is 1.92. The Labute approximate surface area is 86.9 Å². The van der Waals surface area contributed by atoms with Crippen molar-refractivity contribution in [3.05, 3.63) is 12.7 Å². The summed E-state index contributed by atoms with van der Waals surface area (Å²) in [5, 5.41) is 0. The van der Waals surface area contributed by atoms with Gasteiger partial charge in [0, 0.05) is 6.08 Å². The summed E-state index contributed by atoms with van der Waals surface area (Å²) in [4.78, 5) is 10.4. The monoisotopic (exact) mass is 250 g/mol. The largest absolute Gasteiger partial charge is 0.461 e. The second-order valence-electron chi connectivity index (χ2n) is 3.14. The van der Waals surface area contributed by atoms with Crippen molar-refractivity contribution in [3.63, 3.8) is 0 Å². The van der Waals surface area contributed by atoms with Gasteiger partial charge in [0.1, 0.15) is 6.61 Å². The van der Waals surface area contributed by atoms with Crippen LogP contribution in [0.2, 0.25) is 0 Å². The molecule has 0 aromatic carbocycles. The SMILES string of the molecule is C=CC(=O)OCC(C)(C(F)(F)F)C(F)(F)F. The average molecular weight is 250 g/mol. The van der Waals surface area contributed by atoms with Gasteiger partial charge in [-0.05, 0) is 6.92 Å². The van der Waals surface area contributed by atoms with Gasteiger partial charge in [-0.1, -0.05) is 6.58 Å². The summed E-state index contributed by atoms with van der Waals surface area (Å²) >= 11 is 0. The molecular formula is C8H8F6O2. The molecule has 0 saturated heterocycles. The van der Waals surface area contributed by atoms with E-state index in [1.807, 2.05) is 0 Å². The minimum Gasteiger partial charge on any atom is -0.461 e. The number of carbonyl (C=O) groups excluding carboxylic acids is 1. The van der Waals surface area contributed by atoms with E-state index >= 15 is 0 Å². The Morgan fingerprint density at radius 2 is 1.56 bits per heavy atom. The van der Waals surface area contributed by atoms with E-state index in [0.29, 0.717) is 6.08 Å². The summed E-state index contributed by atoms with van der Waals surface area (Å²) in [6, 6.07) is 0. The predicted octanol–water partition coefficient (Wildman–Crippen LogP) is 2.85. The molecule has 2 nitrogen and oxygen atoms in total. The molecule has 0 radical (unpaired) electrons. The van der Waals surface area contributed by atoms with E-state index in [0.717, 1.165) is 0 Å². The van der Waals surface area contributed by atoms with Crippen molar-refractivity contribution in [2.45, 2.75) is 19.3 Å². The second kappa shape index (κ2) is 4.34. The topological polar surface area (TPSA) is 26.3 Å². The zero-order valence-electron chi connectivity index (χ0n) is 8.08. The van der Waals surface area contributed by atoms with Crippen LogP contribution in [0.4, 0.5) is 26.3 Å². The van der Waals surface area contributed by atoms with Gasteiger partial charge in [-0.25, -0.2) is 4.79 Å². The lowest BCUT2D eigenvalue weighted by atomic mass is 9.90. The zero-order chi connectivity index (χ0) is 13.2. The number of halogens is 6. The van der Waals surface area contributed by atoms with Crippen LogP contribution in [0.1, 0.15) is 6.92 Å². The van der Waals surface area contributed by atoms with Crippen LogP contribution in [0.25, 0.3) is 0 Å². The van der Waals surface area contributed by atoms with Gasteiger partial charge in [-0.2, -0.15) is 26.3 Å². The highest BCUT2D eigenvalue weighted by molar-refractivity contribution is 5.81. The molecule has 0 aliphatic rings. The maximum Gasteiger partial charge on any atom is 0.406 e. The fourth-order valence-corrected chi connectivity index (χ4v) is 0.599.